The molecule has 0 aliphatic heterocycles. The highest BCUT2D eigenvalue weighted by Crippen LogP contribution is 2.24. The number of hydrogen-bond donors (Lipinski definition) is 0. The van der Waals surface area contributed by atoms with Gasteiger partial charge < -0.3 is 0 Å². The molecular formula is C8H10Cl2S. The van der Waals surface area contributed by atoms with Crippen molar-refractivity contribution < 1.29 is 0 Å². The Morgan fingerprint density at radius 1 is 1.64 bits per heavy atom. The molecule has 0 spiro atoms. The van der Waals surface area contributed by atoms with Crippen LogP contribution in [-0.4, -0.2) is 5.38 Å². The average Bonchev–Trinajstić information content (AvgIpc) is 2.31. The fourth-order valence-corrected chi connectivity index (χ4v) is 1.95. The summed E-state index contributed by atoms with van der Waals surface area (Å²) in [5.74, 6) is 0. The minimum Gasteiger partial charge on any atom is -0.132 e. The van der Waals surface area contributed by atoms with Gasteiger partial charge in [0.05, 0.1) is 4.34 Å². The molecule has 0 fully saturated rings. The van der Waals surface area contributed by atoms with E-state index in [0.717, 1.165) is 17.2 Å². The van der Waals surface area contributed by atoms with E-state index in [2.05, 4.69) is 6.07 Å². The molecule has 1 aromatic heterocycles. The topological polar surface area (TPSA) is 0 Å². The summed E-state index contributed by atoms with van der Waals surface area (Å²) in [7, 11) is 0. The van der Waals surface area contributed by atoms with Gasteiger partial charge in [-0.2, -0.15) is 0 Å². The van der Waals surface area contributed by atoms with E-state index in [1.807, 2.05) is 12.3 Å². The first-order chi connectivity index (χ1) is 5.20. The Labute approximate surface area is 81.1 Å². The van der Waals surface area contributed by atoms with Crippen molar-refractivity contribution in [1.29, 1.82) is 0 Å². The summed E-state index contributed by atoms with van der Waals surface area (Å²) in [5, 5.41) is 2.25. The van der Waals surface area contributed by atoms with Crippen LogP contribution in [0.5, 0.6) is 0 Å². The number of thiophene rings is 1. The van der Waals surface area contributed by atoms with Crippen LogP contribution in [0.2, 0.25) is 4.34 Å². The highest BCUT2D eigenvalue weighted by atomic mass is 35.5. The van der Waals surface area contributed by atoms with E-state index >= 15 is 0 Å². The molecule has 0 aromatic carbocycles. The molecule has 11 heavy (non-hydrogen) atoms. The minimum atomic E-state index is 0.242. The summed E-state index contributed by atoms with van der Waals surface area (Å²) in [6.07, 6.45) is 1.99. The largest absolute Gasteiger partial charge is 0.132 e. The lowest BCUT2D eigenvalue weighted by Crippen LogP contribution is -1.93. The van der Waals surface area contributed by atoms with Crippen molar-refractivity contribution in [3.8, 4) is 0 Å². The molecule has 0 N–H and O–H groups in total. The second kappa shape index (κ2) is 4.34. The predicted molar refractivity (Wildman–Crippen MR) is 53.0 cm³/mol. The molecule has 0 aliphatic carbocycles. The monoisotopic (exact) mass is 208 g/mol. The standard InChI is InChI=1S/C8H10Cl2S/c1-6(9)2-3-7-4-5-11-8(7)10/h4-6H,2-3H2,1H3. The summed E-state index contributed by atoms with van der Waals surface area (Å²) in [6, 6.07) is 2.06. The zero-order valence-corrected chi connectivity index (χ0v) is 8.64. The molecule has 1 rings (SSSR count). The first kappa shape index (κ1) is 9.37. The quantitative estimate of drug-likeness (QED) is 0.661. The number of halogens is 2. The first-order valence-electron chi connectivity index (χ1n) is 3.56. The van der Waals surface area contributed by atoms with Crippen molar-refractivity contribution in [2.75, 3.05) is 0 Å². The Kier molecular flexibility index (Phi) is 3.70. The van der Waals surface area contributed by atoms with Crippen LogP contribution in [0, 0.1) is 0 Å². The molecule has 1 unspecified atom stereocenters. The lowest BCUT2D eigenvalue weighted by molar-refractivity contribution is 0.805. The predicted octanol–water partition coefficient (Wildman–Crippen LogP) is 3.96. The van der Waals surface area contributed by atoms with Crippen LogP contribution in [0.25, 0.3) is 0 Å². The summed E-state index contributed by atoms with van der Waals surface area (Å²) < 4.78 is 0.905. The zero-order valence-electron chi connectivity index (χ0n) is 6.31. The van der Waals surface area contributed by atoms with Gasteiger partial charge in [0.1, 0.15) is 0 Å². The van der Waals surface area contributed by atoms with Crippen LogP contribution < -0.4 is 0 Å². The van der Waals surface area contributed by atoms with Crippen molar-refractivity contribution >= 4 is 34.5 Å². The number of alkyl halides is 1. The molecular weight excluding hydrogens is 199 g/mol. The molecule has 3 heteroatoms. The average molecular weight is 209 g/mol. The van der Waals surface area contributed by atoms with E-state index in [1.165, 1.54) is 5.56 Å². The third kappa shape index (κ3) is 3.02. The lowest BCUT2D eigenvalue weighted by Gasteiger charge is -2.00. The molecule has 62 valence electrons. The summed E-state index contributed by atoms with van der Waals surface area (Å²) >= 11 is 13.3. The Morgan fingerprint density at radius 3 is 2.82 bits per heavy atom. The maximum absolute atomic E-state index is 5.90. The normalized spacial score (nSPS) is 13.4. The molecule has 0 aliphatic rings. The SMILES string of the molecule is CC(Cl)CCc1ccsc1Cl. The Balaban J connectivity index is 2.44. The van der Waals surface area contributed by atoms with Crippen LogP contribution in [0.4, 0.5) is 0 Å². The summed E-state index contributed by atoms with van der Waals surface area (Å²) in [6.45, 7) is 2.00. The number of aryl methyl sites for hydroxylation is 1. The smallest absolute Gasteiger partial charge is 0.0960 e. The van der Waals surface area contributed by atoms with E-state index in [0.29, 0.717) is 0 Å². The molecule has 0 radical (unpaired) electrons. The minimum absolute atomic E-state index is 0.242. The maximum atomic E-state index is 5.90. The Morgan fingerprint density at radius 2 is 2.36 bits per heavy atom. The van der Waals surface area contributed by atoms with Crippen LogP contribution in [0.3, 0.4) is 0 Å². The molecule has 0 nitrogen and oxygen atoms in total. The number of hydrogen-bond acceptors (Lipinski definition) is 1. The van der Waals surface area contributed by atoms with Gasteiger partial charge >= 0.3 is 0 Å². The maximum Gasteiger partial charge on any atom is 0.0960 e. The van der Waals surface area contributed by atoms with E-state index in [1.54, 1.807) is 11.3 Å². The van der Waals surface area contributed by atoms with Gasteiger partial charge in [0.25, 0.3) is 0 Å². The fourth-order valence-electron chi connectivity index (χ4n) is 0.853. The van der Waals surface area contributed by atoms with Gasteiger partial charge in [-0.05, 0) is 36.8 Å². The third-order valence-electron chi connectivity index (χ3n) is 1.50. The van der Waals surface area contributed by atoms with Gasteiger partial charge in [0, 0.05) is 5.38 Å². The first-order valence-corrected chi connectivity index (χ1v) is 5.25. The molecule has 0 bridgehead atoms. The molecule has 0 saturated carbocycles. The van der Waals surface area contributed by atoms with E-state index in [-0.39, 0.29) is 5.38 Å². The second-order valence-electron chi connectivity index (χ2n) is 2.54. The second-order valence-corrected chi connectivity index (χ2v) is 4.80. The fraction of sp³-hybridized carbons (Fsp3) is 0.500. The van der Waals surface area contributed by atoms with Gasteiger partial charge in [-0.1, -0.05) is 11.6 Å². The molecule has 0 amide bonds. The number of rotatable bonds is 3. The van der Waals surface area contributed by atoms with Crippen molar-refractivity contribution in [1.82, 2.24) is 0 Å². The molecule has 1 aromatic rings. The van der Waals surface area contributed by atoms with Gasteiger partial charge in [0.15, 0.2) is 0 Å². The lowest BCUT2D eigenvalue weighted by atomic mass is 10.1. The van der Waals surface area contributed by atoms with E-state index in [4.69, 9.17) is 23.2 Å². The van der Waals surface area contributed by atoms with Crippen molar-refractivity contribution in [2.24, 2.45) is 0 Å². The van der Waals surface area contributed by atoms with Gasteiger partial charge in [-0.25, -0.2) is 0 Å². The Hall–Kier alpha value is 0.280. The summed E-state index contributed by atoms with van der Waals surface area (Å²) in [4.78, 5) is 0. The van der Waals surface area contributed by atoms with Gasteiger partial charge in [-0.15, -0.1) is 22.9 Å². The van der Waals surface area contributed by atoms with Gasteiger partial charge in [-0.3, -0.25) is 0 Å². The molecule has 1 heterocycles. The molecule has 1 atom stereocenters. The highest BCUT2D eigenvalue weighted by molar-refractivity contribution is 7.14. The van der Waals surface area contributed by atoms with Crippen molar-refractivity contribution in [3.63, 3.8) is 0 Å². The Bertz CT molecular complexity index is 218. The zero-order chi connectivity index (χ0) is 8.27. The van der Waals surface area contributed by atoms with Crippen LogP contribution in [0.15, 0.2) is 11.4 Å². The van der Waals surface area contributed by atoms with E-state index in [9.17, 15) is 0 Å². The van der Waals surface area contributed by atoms with Crippen molar-refractivity contribution in [2.45, 2.75) is 25.1 Å². The highest BCUT2D eigenvalue weighted by Gasteiger charge is 2.02. The van der Waals surface area contributed by atoms with Crippen LogP contribution in [-0.2, 0) is 6.42 Å². The third-order valence-corrected chi connectivity index (χ3v) is 2.97. The van der Waals surface area contributed by atoms with Gasteiger partial charge in [0.2, 0.25) is 0 Å². The van der Waals surface area contributed by atoms with Crippen molar-refractivity contribution in [3.05, 3.63) is 21.3 Å². The van der Waals surface area contributed by atoms with Crippen LogP contribution in [0.1, 0.15) is 18.9 Å². The van der Waals surface area contributed by atoms with Crippen LogP contribution >= 0.6 is 34.5 Å². The van der Waals surface area contributed by atoms with E-state index < -0.39 is 0 Å². The molecule has 0 saturated heterocycles. The summed E-state index contributed by atoms with van der Waals surface area (Å²) in [5.41, 5.74) is 1.23.